The maximum Gasteiger partial charge on any atom is 0.120 e. The van der Waals surface area contributed by atoms with E-state index in [1.807, 2.05) is 0 Å². The highest BCUT2D eigenvalue weighted by Gasteiger charge is 2.54. The first-order chi connectivity index (χ1) is 14.6. The Labute approximate surface area is 182 Å². The van der Waals surface area contributed by atoms with E-state index in [4.69, 9.17) is 0 Å². The van der Waals surface area contributed by atoms with Crippen molar-refractivity contribution in [1.82, 2.24) is 0 Å². The third-order valence-electron chi connectivity index (χ3n) is 9.24. The highest BCUT2D eigenvalue weighted by molar-refractivity contribution is 5.50. The zero-order chi connectivity index (χ0) is 20.7. The first-order valence-electron chi connectivity index (χ1n) is 12.3. The number of rotatable bonds is 5. The van der Waals surface area contributed by atoms with Gasteiger partial charge in [-0.15, -0.1) is 0 Å². The molecular weight excluding hydrogens is 364 g/mol. The molecule has 2 aromatic rings. The summed E-state index contributed by atoms with van der Waals surface area (Å²) in [5.74, 6) is 3.03. The summed E-state index contributed by atoms with van der Waals surface area (Å²) in [6, 6.07) is 16.1. The van der Waals surface area contributed by atoms with E-state index >= 15 is 0 Å². The fourth-order valence-electron chi connectivity index (χ4n) is 7.64. The molecule has 0 spiro atoms. The summed E-state index contributed by atoms with van der Waals surface area (Å²) < 4.78 is 0. The average Bonchev–Trinajstić information content (AvgIpc) is 3.10. The molecular formula is C29H36O. The van der Waals surface area contributed by atoms with Gasteiger partial charge in [-0.3, -0.25) is 0 Å². The summed E-state index contributed by atoms with van der Waals surface area (Å²) >= 11 is 0. The van der Waals surface area contributed by atoms with Crippen molar-refractivity contribution < 1.29 is 4.79 Å². The minimum atomic E-state index is 0.403. The summed E-state index contributed by atoms with van der Waals surface area (Å²) in [6.07, 6.45) is 12.0. The molecule has 0 saturated heterocycles. The summed E-state index contributed by atoms with van der Waals surface area (Å²) in [7, 11) is 0. The first kappa shape index (κ1) is 20.0. The van der Waals surface area contributed by atoms with Gasteiger partial charge in [0.2, 0.25) is 0 Å². The van der Waals surface area contributed by atoms with Crippen LogP contribution in [0.2, 0.25) is 0 Å². The average molecular weight is 401 g/mol. The third-order valence-corrected chi connectivity index (χ3v) is 9.24. The van der Waals surface area contributed by atoms with Crippen molar-refractivity contribution in [3.8, 4) is 0 Å². The lowest BCUT2D eigenvalue weighted by Gasteiger charge is -2.51. The molecule has 0 bridgehead atoms. The van der Waals surface area contributed by atoms with Crippen LogP contribution in [-0.4, -0.2) is 6.29 Å². The molecule has 5 atom stereocenters. The minimum Gasteiger partial charge on any atom is -0.303 e. The second-order valence-electron chi connectivity index (χ2n) is 10.5. The molecule has 2 fully saturated rings. The molecule has 5 unspecified atom stereocenters. The van der Waals surface area contributed by atoms with E-state index in [1.165, 1.54) is 55.9 Å². The zero-order valence-corrected chi connectivity index (χ0v) is 18.7. The highest BCUT2D eigenvalue weighted by Crippen LogP contribution is 2.63. The lowest BCUT2D eigenvalue weighted by Crippen LogP contribution is -2.42. The van der Waals surface area contributed by atoms with Gasteiger partial charge >= 0.3 is 0 Å². The van der Waals surface area contributed by atoms with E-state index in [2.05, 4.69) is 56.3 Å². The van der Waals surface area contributed by atoms with Gasteiger partial charge in [-0.1, -0.05) is 56.3 Å². The molecule has 0 aromatic heterocycles. The molecule has 0 radical (unpaired) electrons. The van der Waals surface area contributed by atoms with Crippen molar-refractivity contribution in [2.45, 2.75) is 77.6 Å². The molecule has 3 aliphatic rings. The smallest absolute Gasteiger partial charge is 0.120 e. The number of carbonyl (C=O) groups excluding carboxylic acids is 1. The van der Waals surface area contributed by atoms with Gasteiger partial charge in [-0.05, 0) is 108 Å². The van der Waals surface area contributed by atoms with Gasteiger partial charge in [-0.25, -0.2) is 0 Å². The van der Waals surface area contributed by atoms with Crippen LogP contribution in [0.3, 0.4) is 0 Å². The largest absolute Gasteiger partial charge is 0.303 e. The second kappa shape index (κ2) is 7.98. The van der Waals surface area contributed by atoms with Crippen molar-refractivity contribution in [3.05, 3.63) is 70.3 Å². The summed E-state index contributed by atoms with van der Waals surface area (Å²) in [5.41, 5.74) is 8.22. The minimum absolute atomic E-state index is 0.403. The van der Waals surface area contributed by atoms with Crippen LogP contribution < -0.4 is 0 Å². The molecule has 1 heteroatoms. The summed E-state index contributed by atoms with van der Waals surface area (Å²) in [5, 5.41) is 0. The van der Waals surface area contributed by atoms with E-state index in [1.54, 1.807) is 16.7 Å². The molecule has 158 valence electrons. The summed E-state index contributed by atoms with van der Waals surface area (Å²) in [6.45, 7) is 4.83. The van der Waals surface area contributed by atoms with Crippen molar-refractivity contribution in [1.29, 1.82) is 0 Å². The van der Waals surface area contributed by atoms with Crippen molar-refractivity contribution >= 4 is 6.29 Å². The van der Waals surface area contributed by atoms with E-state index in [0.29, 0.717) is 11.3 Å². The third kappa shape index (κ3) is 3.26. The molecule has 2 aromatic carbocycles. The lowest BCUT2D eigenvalue weighted by molar-refractivity contribution is -0.109. The first-order valence-corrected chi connectivity index (χ1v) is 12.3. The van der Waals surface area contributed by atoms with Crippen LogP contribution in [-0.2, 0) is 24.1 Å². The monoisotopic (exact) mass is 400 g/mol. The summed E-state index contributed by atoms with van der Waals surface area (Å²) in [4.78, 5) is 11.3. The fraction of sp³-hybridized carbons (Fsp3) is 0.552. The fourth-order valence-corrected chi connectivity index (χ4v) is 7.64. The van der Waals surface area contributed by atoms with E-state index in [9.17, 15) is 4.79 Å². The zero-order valence-electron chi connectivity index (χ0n) is 18.7. The van der Waals surface area contributed by atoms with Crippen LogP contribution in [0.25, 0.3) is 0 Å². The van der Waals surface area contributed by atoms with Crippen molar-refractivity contribution in [2.24, 2.45) is 23.2 Å². The Bertz CT molecular complexity index is 913. The molecule has 30 heavy (non-hydrogen) atoms. The van der Waals surface area contributed by atoms with Gasteiger partial charge in [0.1, 0.15) is 6.29 Å². The van der Waals surface area contributed by atoms with E-state index in [-0.39, 0.29) is 0 Å². The Balaban J connectivity index is 1.45. The maximum absolute atomic E-state index is 11.3. The standard InChI is InChI=1S/C29H36O/c1-3-21-19-27-22(18-23(21)17-20-7-5-4-6-8-20)9-11-26-25(27)13-15-29(2)24(14-16-30)10-12-28(26)29/h4-8,16,18-19,24-26,28H,3,9-15,17H2,1-2H3. The van der Waals surface area contributed by atoms with Gasteiger partial charge in [0.15, 0.2) is 0 Å². The molecule has 2 saturated carbocycles. The van der Waals surface area contributed by atoms with Crippen LogP contribution in [0.1, 0.15) is 86.1 Å². The number of fused-ring (bicyclic) bond motifs is 5. The van der Waals surface area contributed by atoms with Gasteiger partial charge in [-0.2, -0.15) is 0 Å². The number of aryl methyl sites for hydroxylation is 2. The van der Waals surface area contributed by atoms with Crippen LogP contribution >= 0.6 is 0 Å². The Hall–Kier alpha value is -1.89. The number of hydrogen-bond acceptors (Lipinski definition) is 1. The normalized spacial score (nSPS) is 32.2. The number of carbonyl (C=O) groups is 1. The quantitative estimate of drug-likeness (QED) is 0.499. The Morgan fingerprint density at radius 1 is 1.03 bits per heavy atom. The predicted molar refractivity (Wildman–Crippen MR) is 124 cm³/mol. The second-order valence-corrected chi connectivity index (χ2v) is 10.5. The Kier molecular flexibility index (Phi) is 5.33. The van der Waals surface area contributed by atoms with Gasteiger partial charge in [0.25, 0.3) is 0 Å². The van der Waals surface area contributed by atoms with Gasteiger partial charge in [0, 0.05) is 6.42 Å². The van der Waals surface area contributed by atoms with Crippen LogP contribution in [0.4, 0.5) is 0 Å². The maximum atomic E-state index is 11.3. The molecule has 0 aliphatic heterocycles. The molecule has 1 nitrogen and oxygen atoms in total. The van der Waals surface area contributed by atoms with E-state index in [0.717, 1.165) is 37.0 Å². The Morgan fingerprint density at radius 3 is 2.63 bits per heavy atom. The molecule has 3 aliphatic carbocycles. The molecule has 0 N–H and O–H groups in total. The van der Waals surface area contributed by atoms with Gasteiger partial charge < -0.3 is 4.79 Å². The Morgan fingerprint density at radius 2 is 1.87 bits per heavy atom. The van der Waals surface area contributed by atoms with Crippen molar-refractivity contribution in [2.75, 3.05) is 0 Å². The predicted octanol–water partition coefficient (Wildman–Crippen LogP) is 6.90. The van der Waals surface area contributed by atoms with Crippen LogP contribution in [0.5, 0.6) is 0 Å². The number of hydrogen-bond donors (Lipinski definition) is 0. The van der Waals surface area contributed by atoms with Crippen LogP contribution in [0, 0.1) is 23.2 Å². The topological polar surface area (TPSA) is 17.1 Å². The molecule has 0 amide bonds. The molecule has 0 heterocycles. The lowest BCUT2D eigenvalue weighted by atomic mass is 9.54. The SMILES string of the molecule is CCc1cc2c(cc1Cc1ccccc1)CCC1C2CCC2(C)C(CC=O)CCC12. The molecule has 5 rings (SSSR count). The number of benzene rings is 2. The highest BCUT2D eigenvalue weighted by atomic mass is 16.1. The van der Waals surface area contributed by atoms with E-state index < -0.39 is 0 Å². The van der Waals surface area contributed by atoms with Gasteiger partial charge in [0.05, 0.1) is 0 Å². The number of aldehydes is 1. The van der Waals surface area contributed by atoms with Crippen LogP contribution in [0.15, 0.2) is 42.5 Å². The van der Waals surface area contributed by atoms with Crippen molar-refractivity contribution in [3.63, 3.8) is 0 Å².